The van der Waals surface area contributed by atoms with Crippen LogP contribution in [0.5, 0.6) is 0 Å². The van der Waals surface area contributed by atoms with E-state index in [0.717, 1.165) is 0 Å². The molecule has 0 aliphatic rings. The Morgan fingerprint density at radius 1 is 1.45 bits per heavy atom. The van der Waals surface area contributed by atoms with Crippen molar-refractivity contribution < 1.29 is 18.9 Å². The van der Waals surface area contributed by atoms with Gasteiger partial charge in [0.2, 0.25) is 0 Å². The molecule has 0 bridgehead atoms. The number of phosphoric ester groups is 1. The zero-order valence-corrected chi connectivity index (χ0v) is 7.97. The fourth-order valence-corrected chi connectivity index (χ4v) is 0.729. The molecule has 0 saturated carbocycles. The lowest BCUT2D eigenvalue weighted by molar-refractivity contribution is -0.341. The summed E-state index contributed by atoms with van der Waals surface area (Å²) in [5.74, 6) is 0.353. The van der Waals surface area contributed by atoms with Crippen LogP contribution in [0.4, 0.5) is 0 Å². The maximum atomic E-state index is 9.86. The molecular formula is C5H15NO4P-. The van der Waals surface area contributed by atoms with Gasteiger partial charge >= 0.3 is 0 Å². The van der Waals surface area contributed by atoms with Crippen molar-refractivity contribution in [3.8, 4) is 0 Å². The molecule has 0 radical (unpaired) electrons. The zero-order valence-electron chi connectivity index (χ0n) is 7.07. The standard InChI is InChI=1S/C5H13O4P.H3N/c1-5(2)3-4-9-10(6,7)8;/h5H,3-4H2,1-2H3,(H2,6,7,8);1H3/p-1. The Morgan fingerprint density at radius 2 is 1.91 bits per heavy atom. The van der Waals surface area contributed by atoms with Crippen LogP contribution >= 0.6 is 7.82 Å². The lowest BCUT2D eigenvalue weighted by atomic mass is 10.2. The van der Waals surface area contributed by atoms with Crippen molar-refractivity contribution in [1.29, 1.82) is 0 Å². The minimum Gasteiger partial charge on any atom is -0.790 e. The largest absolute Gasteiger partial charge is 0.790 e. The van der Waals surface area contributed by atoms with Gasteiger partial charge in [0.1, 0.15) is 0 Å². The van der Waals surface area contributed by atoms with E-state index in [9.17, 15) is 14.4 Å². The van der Waals surface area contributed by atoms with E-state index < -0.39 is 7.82 Å². The summed E-state index contributed by atoms with van der Waals surface area (Å²) in [5.41, 5.74) is 0. The summed E-state index contributed by atoms with van der Waals surface area (Å²) >= 11 is 0. The van der Waals surface area contributed by atoms with Gasteiger partial charge in [-0.3, -0.25) is 0 Å². The first-order valence-electron chi connectivity index (χ1n) is 3.08. The van der Waals surface area contributed by atoms with E-state index in [1.807, 2.05) is 13.8 Å². The van der Waals surface area contributed by atoms with Crippen LogP contribution in [0.2, 0.25) is 0 Å². The van der Waals surface area contributed by atoms with Crippen molar-refractivity contribution in [1.82, 2.24) is 6.15 Å². The minimum atomic E-state index is -4.72. The molecule has 0 aromatic carbocycles. The zero-order chi connectivity index (χ0) is 8.20. The lowest BCUT2D eigenvalue weighted by Crippen LogP contribution is -2.17. The molecule has 0 saturated heterocycles. The Kier molecular flexibility index (Phi) is 7.05. The van der Waals surface area contributed by atoms with Gasteiger partial charge < -0.3 is 25.0 Å². The van der Waals surface area contributed by atoms with Gasteiger partial charge in [0, 0.05) is 0 Å². The third kappa shape index (κ3) is 13.1. The van der Waals surface area contributed by atoms with Crippen molar-refractivity contribution in [2.24, 2.45) is 5.92 Å². The van der Waals surface area contributed by atoms with Gasteiger partial charge in [0.15, 0.2) is 0 Å². The van der Waals surface area contributed by atoms with Crippen LogP contribution in [-0.4, -0.2) is 6.61 Å². The van der Waals surface area contributed by atoms with E-state index in [0.29, 0.717) is 12.3 Å². The Morgan fingerprint density at radius 3 is 2.18 bits per heavy atom. The van der Waals surface area contributed by atoms with E-state index in [2.05, 4.69) is 4.52 Å². The molecule has 0 spiro atoms. The number of hydrogen-bond donors (Lipinski definition) is 1. The SMILES string of the molecule is CC(C)CCOP(=O)([O-])[O-].[NH4+]. The van der Waals surface area contributed by atoms with E-state index in [1.165, 1.54) is 0 Å². The van der Waals surface area contributed by atoms with Crippen LogP contribution in [0.1, 0.15) is 20.3 Å². The fourth-order valence-electron chi connectivity index (χ4n) is 0.400. The summed E-state index contributed by atoms with van der Waals surface area (Å²) in [5, 5.41) is 0. The second kappa shape index (κ2) is 5.69. The molecule has 0 heterocycles. The Labute approximate surface area is 66.6 Å². The quantitative estimate of drug-likeness (QED) is 0.631. The van der Waals surface area contributed by atoms with E-state index in [4.69, 9.17) is 0 Å². The molecule has 4 N–H and O–H groups in total. The van der Waals surface area contributed by atoms with Gasteiger partial charge in [-0.1, -0.05) is 13.8 Å². The Balaban J connectivity index is 0. The number of phosphoric acid groups is 1. The van der Waals surface area contributed by atoms with E-state index >= 15 is 0 Å². The highest BCUT2D eigenvalue weighted by Gasteiger charge is 1.94. The summed E-state index contributed by atoms with van der Waals surface area (Å²) < 4.78 is 13.8. The van der Waals surface area contributed by atoms with Crippen LogP contribution in [0.3, 0.4) is 0 Å². The predicted molar refractivity (Wildman–Crippen MR) is 39.0 cm³/mol. The van der Waals surface area contributed by atoms with Gasteiger partial charge in [0.05, 0.1) is 14.4 Å². The average Bonchev–Trinajstić information content (AvgIpc) is 1.59. The van der Waals surface area contributed by atoms with Gasteiger partial charge in [-0.05, 0) is 12.3 Å². The van der Waals surface area contributed by atoms with Gasteiger partial charge in [-0.2, -0.15) is 0 Å². The molecule has 0 aliphatic heterocycles. The first-order chi connectivity index (χ1) is 4.42. The smallest absolute Gasteiger partial charge is 0.0596 e. The highest BCUT2D eigenvalue weighted by molar-refractivity contribution is 7.43. The molecular weight excluding hydrogens is 169 g/mol. The Bertz CT molecular complexity index is 132. The molecule has 0 rings (SSSR count). The number of quaternary nitrogens is 1. The molecule has 0 aromatic heterocycles. The average molecular weight is 184 g/mol. The second-order valence-electron chi connectivity index (χ2n) is 2.46. The highest BCUT2D eigenvalue weighted by Crippen LogP contribution is 2.24. The topological polar surface area (TPSA) is 109 Å². The van der Waals surface area contributed by atoms with Gasteiger partial charge in [-0.15, -0.1) is 0 Å². The summed E-state index contributed by atoms with van der Waals surface area (Å²) in [6.07, 6.45) is 0.592. The fraction of sp³-hybridized carbons (Fsp3) is 1.00. The van der Waals surface area contributed by atoms with Crippen LogP contribution in [0.15, 0.2) is 0 Å². The van der Waals surface area contributed by atoms with E-state index in [1.54, 1.807) is 0 Å². The molecule has 0 aliphatic carbocycles. The number of hydrogen-bond acceptors (Lipinski definition) is 4. The third-order valence-corrected chi connectivity index (χ3v) is 1.44. The van der Waals surface area contributed by atoms with Crippen molar-refractivity contribution in [2.75, 3.05) is 6.61 Å². The number of rotatable bonds is 4. The summed E-state index contributed by atoms with van der Waals surface area (Å²) in [6.45, 7) is 3.84. The lowest BCUT2D eigenvalue weighted by Gasteiger charge is -2.28. The predicted octanol–water partition coefficient (Wildman–Crippen LogP) is 0.254. The molecule has 0 amide bonds. The maximum Gasteiger partial charge on any atom is 0.0596 e. The van der Waals surface area contributed by atoms with E-state index in [-0.39, 0.29) is 12.8 Å². The van der Waals surface area contributed by atoms with Gasteiger partial charge in [-0.25, -0.2) is 0 Å². The second-order valence-corrected chi connectivity index (χ2v) is 3.62. The van der Waals surface area contributed by atoms with Crippen LogP contribution in [0, 0.1) is 5.92 Å². The summed E-state index contributed by atoms with van der Waals surface area (Å²) in [6, 6.07) is 0. The first kappa shape index (κ1) is 13.6. The molecule has 5 nitrogen and oxygen atoms in total. The van der Waals surface area contributed by atoms with Crippen LogP contribution in [-0.2, 0) is 9.09 Å². The normalized spacial score (nSPS) is 11.4. The molecule has 0 fully saturated rings. The minimum absolute atomic E-state index is 0. The summed E-state index contributed by atoms with van der Waals surface area (Å²) in [7, 11) is -4.72. The molecule has 11 heavy (non-hydrogen) atoms. The van der Waals surface area contributed by atoms with Crippen LogP contribution < -0.4 is 15.9 Å². The maximum absolute atomic E-state index is 9.86. The molecule has 0 unspecified atom stereocenters. The van der Waals surface area contributed by atoms with Crippen molar-refractivity contribution in [3.63, 3.8) is 0 Å². The van der Waals surface area contributed by atoms with Crippen molar-refractivity contribution >= 4 is 7.82 Å². The Hall–Kier alpha value is 0.0700. The van der Waals surface area contributed by atoms with Crippen molar-refractivity contribution in [3.05, 3.63) is 0 Å². The third-order valence-electron chi connectivity index (χ3n) is 0.945. The molecule has 0 aromatic rings. The van der Waals surface area contributed by atoms with Crippen LogP contribution in [0.25, 0.3) is 0 Å². The first-order valence-corrected chi connectivity index (χ1v) is 4.54. The highest BCUT2D eigenvalue weighted by atomic mass is 31.2. The monoisotopic (exact) mass is 184 g/mol. The molecule has 6 heteroatoms. The molecule has 70 valence electrons. The van der Waals surface area contributed by atoms with Crippen molar-refractivity contribution in [2.45, 2.75) is 20.3 Å². The van der Waals surface area contributed by atoms with Gasteiger partial charge in [0.25, 0.3) is 0 Å². The summed E-state index contributed by atoms with van der Waals surface area (Å²) in [4.78, 5) is 19.7. The molecule has 0 atom stereocenters.